The minimum atomic E-state index is -1.16. The molecule has 12 heavy (non-hydrogen) atoms. The Kier molecular flexibility index (Phi) is 2.47. The molecular weight excluding hydrogens is 162 g/mol. The van der Waals surface area contributed by atoms with Gasteiger partial charge in [-0.2, -0.15) is 0 Å². The molecule has 1 aromatic heterocycles. The molecule has 0 spiro atoms. The molecule has 1 heterocycles. The molecule has 0 radical (unpaired) electrons. The third-order valence-electron chi connectivity index (χ3n) is 1.39. The lowest BCUT2D eigenvalue weighted by atomic mass is 10.3. The first-order valence-corrected chi connectivity index (χ1v) is 3.36. The van der Waals surface area contributed by atoms with Gasteiger partial charge in [0.15, 0.2) is 0 Å². The maximum Gasteiger partial charge on any atom is 0.371 e. The summed E-state index contributed by atoms with van der Waals surface area (Å²) in [5.74, 6) is -1.18. The van der Waals surface area contributed by atoms with Gasteiger partial charge >= 0.3 is 5.97 Å². The second-order valence-corrected chi connectivity index (χ2v) is 2.26. The van der Waals surface area contributed by atoms with Gasteiger partial charge in [-0.05, 0) is 12.1 Å². The van der Waals surface area contributed by atoms with Crippen LogP contribution in [-0.2, 0) is 0 Å². The van der Waals surface area contributed by atoms with Gasteiger partial charge in [0.2, 0.25) is 5.76 Å². The number of carboxylic acids is 1. The monoisotopic (exact) mass is 171 g/mol. The van der Waals surface area contributed by atoms with E-state index in [0.29, 0.717) is 0 Å². The van der Waals surface area contributed by atoms with Gasteiger partial charge in [0.05, 0.1) is 0 Å². The van der Waals surface area contributed by atoms with Crippen LogP contribution in [0.3, 0.4) is 0 Å². The summed E-state index contributed by atoms with van der Waals surface area (Å²) in [4.78, 5) is 10.3. The number of carboxylic acid groups (broad SMARTS) is 1. The fourth-order valence-electron chi connectivity index (χ4n) is 0.763. The molecule has 0 aliphatic rings. The highest BCUT2D eigenvalue weighted by molar-refractivity contribution is 5.84. The molecule has 4 N–H and O–H groups in total. The van der Waals surface area contributed by atoms with Gasteiger partial charge in [0.25, 0.3) is 0 Å². The van der Waals surface area contributed by atoms with Crippen molar-refractivity contribution in [3.8, 4) is 0 Å². The maximum absolute atomic E-state index is 10.3. The van der Waals surface area contributed by atoms with Gasteiger partial charge in [-0.3, -0.25) is 0 Å². The van der Waals surface area contributed by atoms with Crippen LogP contribution in [0.5, 0.6) is 0 Å². The molecule has 66 valence electrons. The number of aromatic carboxylic acids is 1. The molecule has 0 aliphatic heterocycles. The van der Waals surface area contributed by atoms with Crippen LogP contribution in [0.25, 0.3) is 0 Å². The van der Waals surface area contributed by atoms with Crippen molar-refractivity contribution < 1.29 is 19.4 Å². The van der Waals surface area contributed by atoms with Crippen LogP contribution in [-0.4, -0.2) is 22.7 Å². The summed E-state index contributed by atoms with van der Waals surface area (Å²) < 4.78 is 4.77. The Hall–Kier alpha value is -1.33. The van der Waals surface area contributed by atoms with E-state index in [2.05, 4.69) is 0 Å². The molecular formula is C7H9NO4. The van der Waals surface area contributed by atoms with Crippen molar-refractivity contribution in [2.75, 3.05) is 6.54 Å². The Balaban J connectivity index is 2.84. The van der Waals surface area contributed by atoms with Crippen molar-refractivity contribution in [1.82, 2.24) is 0 Å². The van der Waals surface area contributed by atoms with Crippen LogP contribution < -0.4 is 5.73 Å². The molecule has 5 nitrogen and oxygen atoms in total. The summed E-state index contributed by atoms with van der Waals surface area (Å²) in [6, 6.07) is 2.66. The summed E-state index contributed by atoms with van der Waals surface area (Å²) in [5.41, 5.74) is 5.13. The summed E-state index contributed by atoms with van der Waals surface area (Å²) in [6.07, 6.45) is -0.932. The summed E-state index contributed by atoms with van der Waals surface area (Å²) in [5, 5.41) is 17.6. The molecule has 1 unspecified atom stereocenters. The van der Waals surface area contributed by atoms with Crippen LogP contribution in [0, 0.1) is 0 Å². The third kappa shape index (κ3) is 1.63. The molecule has 0 saturated carbocycles. The first-order valence-electron chi connectivity index (χ1n) is 3.36. The Bertz CT molecular complexity index is 281. The minimum absolute atomic E-state index is 0.00652. The van der Waals surface area contributed by atoms with Crippen molar-refractivity contribution >= 4 is 5.97 Å². The predicted octanol–water partition coefficient (Wildman–Crippen LogP) is -0.0301. The van der Waals surface area contributed by atoms with Crippen LogP contribution in [0.1, 0.15) is 22.4 Å². The standard InChI is InChI=1S/C7H9NO4/c8-3-4(9)5-1-2-6(12-5)7(10)11/h1-2,4,9H,3,8H2,(H,10,11). The number of rotatable bonds is 3. The number of hydrogen-bond acceptors (Lipinski definition) is 4. The molecule has 1 atom stereocenters. The van der Waals surface area contributed by atoms with Crippen molar-refractivity contribution in [3.63, 3.8) is 0 Å². The van der Waals surface area contributed by atoms with Gasteiger partial charge in [-0.15, -0.1) is 0 Å². The van der Waals surface area contributed by atoms with Crippen molar-refractivity contribution in [2.45, 2.75) is 6.10 Å². The Morgan fingerprint density at radius 3 is 2.75 bits per heavy atom. The zero-order valence-corrected chi connectivity index (χ0v) is 6.23. The Morgan fingerprint density at radius 1 is 1.67 bits per heavy atom. The number of furan rings is 1. The van der Waals surface area contributed by atoms with E-state index in [4.69, 9.17) is 20.4 Å². The lowest BCUT2D eigenvalue weighted by Gasteiger charge is -2.01. The summed E-state index contributed by atoms with van der Waals surface area (Å²) in [7, 11) is 0. The van der Waals surface area contributed by atoms with E-state index >= 15 is 0 Å². The maximum atomic E-state index is 10.3. The second-order valence-electron chi connectivity index (χ2n) is 2.26. The molecule has 1 rings (SSSR count). The quantitative estimate of drug-likeness (QED) is 0.593. The second kappa shape index (κ2) is 3.38. The van der Waals surface area contributed by atoms with E-state index in [1.165, 1.54) is 12.1 Å². The molecule has 5 heteroatoms. The number of aliphatic hydroxyl groups is 1. The van der Waals surface area contributed by atoms with Gasteiger partial charge in [-0.1, -0.05) is 0 Å². The smallest absolute Gasteiger partial charge is 0.371 e. The van der Waals surface area contributed by atoms with Crippen LogP contribution in [0.2, 0.25) is 0 Å². The lowest BCUT2D eigenvalue weighted by Crippen LogP contribution is -2.10. The Labute approximate surface area is 68.4 Å². The fraction of sp³-hybridized carbons (Fsp3) is 0.286. The minimum Gasteiger partial charge on any atom is -0.475 e. The summed E-state index contributed by atoms with van der Waals surface area (Å²) in [6.45, 7) is 0.00652. The zero-order valence-electron chi connectivity index (χ0n) is 6.23. The highest BCUT2D eigenvalue weighted by Crippen LogP contribution is 2.15. The van der Waals surface area contributed by atoms with E-state index < -0.39 is 12.1 Å². The van der Waals surface area contributed by atoms with Crippen LogP contribution in [0.15, 0.2) is 16.5 Å². The number of hydrogen-bond donors (Lipinski definition) is 3. The zero-order chi connectivity index (χ0) is 9.14. The van der Waals surface area contributed by atoms with E-state index in [0.717, 1.165) is 0 Å². The largest absolute Gasteiger partial charge is 0.475 e. The molecule has 0 bridgehead atoms. The van der Waals surface area contributed by atoms with Crippen LogP contribution >= 0.6 is 0 Å². The van der Waals surface area contributed by atoms with Crippen molar-refractivity contribution in [2.24, 2.45) is 5.73 Å². The van der Waals surface area contributed by atoms with Crippen molar-refractivity contribution in [1.29, 1.82) is 0 Å². The normalized spacial score (nSPS) is 12.8. The van der Waals surface area contributed by atoms with Crippen molar-refractivity contribution in [3.05, 3.63) is 23.7 Å². The molecule has 0 aliphatic carbocycles. The average molecular weight is 171 g/mol. The SMILES string of the molecule is NCC(O)c1ccc(C(=O)O)o1. The average Bonchev–Trinajstić information content (AvgIpc) is 2.51. The topological polar surface area (TPSA) is 96.7 Å². The van der Waals surface area contributed by atoms with Gasteiger partial charge in [0.1, 0.15) is 11.9 Å². The van der Waals surface area contributed by atoms with E-state index in [1.807, 2.05) is 0 Å². The van der Waals surface area contributed by atoms with E-state index in [-0.39, 0.29) is 18.1 Å². The Morgan fingerprint density at radius 2 is 2.33 bits per heavy atom. The molecule has 0 amide bonds. The first kappa shape index (κ1) is 8.76. The molecule has 0 fully saturated rings. The van der Waals surface area contributed by atoms with Gasteiger partial charge in [0, 0.05) is 6.54 Å². The lowest BCUT2D eigenvalue weighted by molar-refractivity contribution is 0.0652. The van der Waals surface area contributed by atoms with E-state index in [9.17, 15) is 4.79 Å². The number of aliphatic hydroxyl groups excluding tert-OH is 1. The number of carbonyl (C=O) groups is 1. The number of nitrogens with two attached hydrogens (primary N) is 1. The van der Waals surface area contributed by atoms with Gasteiger partial charge in [-0.25, -0.2) is 4.79 Å². The highest BCUT2D eigenvalue weighted by Gasteiger charge is 2.13. The fourth-order valence-corrected chi connectivity index (χ4v) is 0.763. The molecule has 1 aromatic rings. The molecule has 0 saturated heterocycles. The summed E-state index contributed by atoms with van der Waals surface area (Å²) >= 11 is 0. The van der Waals surface area contributed by atoms with E-state index in [1.54, 1.807) is 0 Å². The predicted molar refractivity (Wildman–Crippen MR) is 39.7 cm³/mol. The van der Waals surface area contributed by atoms with Gasteiger partial charge < -0.3 is 20.4 Å². The van der Waals surface area contributed by atoms with Crippen LogP contribution in [0.4, 0.5) is 0 Å². The first-order chi connectivity index (χ1) is 5.65. The molecule has 0 aromatic carbocycles. The third-order valence-corrected chi connectivity index (χ3v) is 1.39. The highest BCUT2D eigenvalue weighted by atomic mass is 16.4.